The molecule has 0 atom stereocenters. The van der Waals surface area contributed by atoms with Crippen LogP contribution in [0.2, 0.25) is 0 Å². The highest BCUT2D eigenvalue weighted by atomic mass is 16.5. The van der Waals surface area contributed by atoms with Crippen LogP contribution in [0.5, 0.6) is 11.5 Å². The Kier molecular flexibility index (Phi) is 5.95. The number of hydrogen-bond donors (Lipinski definition) is 2. The van der Waals surface area contributed by atoms with E-state index in [9.17, 15) is 0 Å². The first-order valence-corrected chi connectivity index (χ1v) is 7.62. The van der Waals surface area contributed by atoms with Crippen molar-refractivity contribution in [3.8, 4) is 11.5 Å². The molecule has 0 aliphatic carbocycles. The van der Waals surface area contributed by atoms with Crippen LogP contribution in [0.15, 0.2) is 42.5 Å². The molecule has 0 spiro atoms. The van der Waals surface area contributed by atoms with Crippen LogP contribution >= 0.6 is 0 Å². The van der Waals surface area contributed by atoms with Crippen LogP contribution in [0.3, 0.4) is 0 Å². The van der Waals surface area contributed by atoms with Gasteiger partial charge in [-0.3, -0.25) is 0 Å². The molecule has 0 fully saturated rings. The molecule has 118 valence electrons. The summed E-state index contributed by atoms with van der Waals surface area (Å²) in [6.45, 7) is 3.55. The Hall–Kier alpha value is -2.36. The number of aryl methyl sites for hydroxylation is 1. The molecule has 2 rings (SSSR count). The molecule has 4 nitrogen and oxygen atoms in total. The van der Waals surface area contributed by atoms with Gasteiger partial charge in [-0.25, -0.2) is 0 Å². The van der Waals surface area contributed by atoms with Crippen LogP contribution < -0.4 is 20.5 Å². The van der Waals surface area contributed by atoms with Gasteiger partial charge in [0.1, 0.15) is 11.5 Å². The van der Waals surface area contributed by atoms with Gasteiger partial charge in [0.25, 0.3) is 0 Å². The normalized spacial score (nSPS) is 10.3. The number of benzene rings is 2. The Balaban J connectivity index is 1.83. The standard InChI is InChI=1S/C18H24N2O2/c1-3-22-18-9-5-4-8-16(18)20-12-6-7-14-10-11-17(21-2)15(19)13-14/h4-5,8-11,13,20H,3,6-7,12,19H2,1-2H3. The molecule has 0 saturated carbocycles. The molecular weight excluding hydrogens is 276 g/mol. The van der Waals surface area contributed by atoms with Crippen molar-refractivity contribution in [2.24, 2.45) is 0 Å². The molecule has 0 saturated heterocycles. The van der Waals surface area contributed by atoms with Crippen molar-refractivity contribution in [3.05, 3.63) is 48.0 Å². The smallest absolute Gasteiger partial charge is 0.142 e. The second kappa shape index (κ2) is 8.17. The van der Waals surface area contributed by atoms with Gasteiger partial charge in [0, 0.05) is 6.54 Å². The number of hydrogen-bond acceptors (Lipinski definition) is 4. The zero-order valence-corrected chi connectivity index (χ0v) is 13.3. The summed E-state index contributed by atoms with van der Waals surface area (Å²) in [4.78, 5) is 0. The summed E-state index contributed by atoms with van der Waals surface area (Å²) in [7, 11) is 1.63. The van der Waals surface area contributed by atoms with Crippen LogP contribution in [0, 0.1) is 0 Å². The van der Waals surface area contributed by atoms with E-state index in [2.05, 4.69) is 11.4 Å². The largest absolute Gasteiger partial charge is 0.495 e. The molecule has 0 aliphatic heterocycles. The average molecular weight is 300 g/mol. The van der Waals surface area contributed by atoms with Gasteiger partial charge in [0.15, 0.2) is 0 Å². The predicted molar refractivity (Wildman–Crippen MR) is 91.8 cm³/mol. The molecule has 0 unspecified atom stereocenters. The Morgan fingerprint density at radius 3 is 2.64 bits per heavy atom. The van der Waals surface area contributed by atoms with E-state index in [1.807, 2.05) is 43.3 Å². The summed E-state index contributed by atoms with van der Waals surface area (Å²) in [6, 6.07) is 14.0. The molecule has 4 heteroatoms. The maximum Gasteiger partial charge on any atom is 0.142 e. The fraction of sp³-hybridized carbons (Fsp3) is 0.333. The molecule has 2 aromatic rings. The summed E-state index contributed by atoms with van der Waals surface area (Å²) in [6.07, 6.45) is 1.99. The Labute approximate surface area is 132 Å². The lowest BCUT2D eigenvalue weighted by atomic mass is 10.1. The second-order valence-corrected chi connectivity index (χ2v) is 5.04. The molecule has 0 aliphatic rings. The number of methoxy groups -OCH3 is 1. The number of nitrogens with two attached hydrogens (primary N) is 1. The van der Waals surface area contributed by atoms with Crippen molar-refractivity contribution in [3.63, 3.8) is 0 Å². The quantitative estimate of drug-likeness (QED) is 0.576. The van der Waals surface area contributed by atoms with E-state index in [1.165, 1.54) is 5.56 Å². The molecule has 0 aromatic heterocycles. The molecule has 3 N–H and O–H groups in total. The number of para-hydroxylation sites is 2. The summed E-state index contributed by atoms with van der Waals surface area (Å²) < 4.78 is 10.8. The first-order valence-electron chi connectivity index (χ1n) is 7.62. The number of nitrogen functional groups attached to an aromatic ring is 1. The van der Waals surface area contributed by atoms with Crippen LogP contribution in [-0.4, -0.2) is 20.3 Å². The second-order valence-electron chi connectivity index (χ2n) is 5.04. The van der Waals surface area contributed by atoms with E-state index >= 15 is 0 Å². The summed E-state index contributed by atoms with van der Waals surface area (Å²) in [5.74, 6) is 1.63. The Morgan fingerprint density at radius 1 is 1.09 bits per heavy atom. The van der Waals surface area contributed by atoms with Crippen LogP contribution in [0.1, 0.15) is 18.9 Å². The van der Waals surface area contributed by atoms with Crippen molar-refractivity contribution in [1.82, 2.24) is 0 Å². The van der Waals surface area contributed by atoms with Gasteiger partial charge in [-0.2, -0.15) is 0 Å². The maximum absolute atomic E-state index is 5.92. The lowest BCUT2D eigenvalue weighted by Gasteiger charge is -2.12. The predicted octanol–water partition coefficient (Wildman–Crippen LogP) is 3.72. The number of rotatable bonds is 8. The molecule has 0 amide bonds. The average Bonchev–Trinajstić information content (AvgIpc) is 2.53. The van der Waals surface area contributed by atoms with Gasteiger partial charge < -0.3 is 20.5 Å². The zero-order valence-electron chi connectivity index (χ0n) is 13.3. The molecular formula is C18H24N2O2. The van der Waals surface area contributed by atoms with Gasteiger partial charge in [-0.1, -0.05) is 18.2 Å². The van der Waals surface area contributed by atoms with Gasteiger partial charge >= 0.3 is 0 Å². The summed E-state index contributed by atoms with van der Waals surface area (Å²) in [5.41, 5.74) is 8.87. The molecule has 0 bridgehead atoms. The molecule has 2 aromatic carbocycles. The maximum atomic E-state index is 5.92. The monoisotopic (exact) mass is 300 g/mol. The number of anilines is 2. The van der Waals surface area contributed by atoms with Crippen LogP contribution in [-0.2, 0) is 6.42 Å². The van der Waals surface area contributed by atoms with Crippen molar-refractivity contribution in [1.29, 1.82) is 0 Å². The van der Waals surface area contributed by atoms with E-state index in [0.717, 1.165) is 36.6 Å². The fourth-order valence-electron chi connectivity index (χ4n) is 2.35. The topological polar surface area (TPSA) is 56.5 Å². The minimum absolute atomic E-state index is 0.670. The highest BCUT2D eigenvalue weighted by molar-refractivity contribution is 5.56. The van der Waals surface area contributed by atoms with E-state index in [-0.39, 0.29) is 0 Å². The number of nitrogens with one attached hydrogen (secondary N) is 1. The minimum Gasteiger partial charge on any atom is -0.495 e. The molecule has 22 heavy (non-hydrogen) atoms. The van der Waals surface area contributed by atoms with Crippen molar-refractivity contribution < 1.29 is 9.47 Å². The lowest BCUT2D eigenvalue weighted by molar-refractivity contribution is 0.341. The lowest BCUT2D eigenvalue weighted by Crippen LogP contribution is -2.05. The first-order chi connectivity index (χ1) is 10.7. The summed E-state index contributed by atoms with van der Waals surface area (Å²) >= 11 is 0. The molecule has 0 heterocycles. The van der Waals surface area contributed by atoms with Crippen LogP contribution in [0.25, 0.3) is 0 Å². The third-order valence-electron chi connectivity index (χ3n) is 3.44. The Morgan fingerprint density at radius 2 is 1.91 bits per heavy atom. The van der Waals surface area contributed by atoms with Gasteiger partial charge in [0.2, 0.25) is 0 Å². The van der Waals surface area contributed by atoms with Crippen molar-refractivity contribution >= 4 is 11.4 Å². The SMILES string of the molecule is CCOc1ccccc1NCCCc1ccc(OC)c(N)c1. The van der Waals surface area contributed by atoms with Gasteiger partial charge in [0.05, 0.1) is 25.1 Å². The fourth-order valence-corrected chi connectivity index (χ4v) is 2.35. The molecule has 0 radical (unpaired) electrons. The van der Waals surface area contributed by atoms with Gasteiger partial charge in [-0.15, -0.1) is 0 Å². The number of ether oxygens (including phenoxy) is 2. The minimum atomic E-state index is 0.670. The van der Waals surface area contributed by atoms with Crippen molar-refractivity contribution in [2.75, 3.05) is 31.3 Å². The van der Waals surface area contributed by atoms with Crippen molar-refractivity contribution in [2.45, 2.75) is 19.8 Å². The third-order valence-corrected chi connectivity index (χ3v) is 3.44. The van der Waals surface area contributed by atoms with Gasteiger partial charge in [-0.05, 0) is 49.6 Å². The zero-order chi connectivity index (χ0) is 15.8. The van der Waals surface area contributed by atoms with E-state index in [1.54, 1.807) is 7.11 Å². The summed E-state index contributed by atoms with van der Waals surface area (Å²) in [5, 5.41) is 3.42. The Bertz CT molecular complexity index is 599. The van der Waals surface area contributed by atoms with E-state index < -0.39 is 0 Å². The highest BCUT2D eigenvalue weighted by Gasteiger charge is 2.03. The highest BCUT2D eigenvalue weighted by Crippen LogP contribution is 2.24. The first kappa shape index (κ1) is 16.0. The van der Waals surface area contributed by atoms with Crippen LogP contribution in [0.4, 0.5) is 11.4 Å². The van der Waals surface area contributed by atoms with E-state index in [4.69, 9.17) is 15.2 Å². The third kappa shape index (κ3) is 4.32. The van der Waals surface area contributed by atoms with E-state index in [0.29, 0.717) is 12.3 Å².